The van der Waals surface area contributed by atoms with Gasteiger partial charge >= 0.3 is 0 Å². The smallest absolute Gasteiger partial charge is 0.251 e. The van der Waals surface area contributed by atoms with Gasteiger partial charge in [0.2, 0.25) is 0 Å². The van der Waals surface area contributed by atoms with Crippen molar-refractivity contribution >= 4 is 5.91 Å². The summed E-state index contributed by atoms with van der Waals surface area (Å²) in [4.78, 5) is 12.4. The Bertz CT molecular complexity index is 851. The molecule has 6 heteroatoms. The highest BCUT2D eigenvalue weighted by molar-refractivity contribution is 5.94. The second-order valence-electron chi connectivity index (χ2n) is 7.56. The van der Waals surface area contributed by atoms with Gasteiger partial charge in [-0.2, -0.15) is 0 Å². The van der Waals surface area contributed by atoms with Crippen LogP contribution in [0.5, 0.6) is 11.5 Å². The molecule has 1 heterocycles. The normalized spacial score (nSPS) is 20.8. The average Bonchev–Trinajstić information content (AvgIpc) is 3.13. The van der Waals surface area contributed by atoms with Crippen molar-refractivity contribution in [3.63, 3.8) is 0 Å². The summed E-state index contributed by atoms with van der Waals surface area (Å²) >= 11 is 0. The van der Waals surface area contributed by atoms with Crippen LogP contribution in [0.25, 0.3) is 0 Å². The zero-order valence-corrected chi connectivity index (χ0v) is 16.0. The van der Waals surface area contributed by atoms with Crippen molar-refractivity contribution in [3.8, 4) is 11.5 Å². The highest BCUT2D eigenvalue weighted by atomic mass is 19.1. The number of rotatable bonds is 5. The third-order valence-corrected chi connectivity index (χ3v) is 5.27. The number of halogens is 1. The Balaban J connectivity index is 1.28. The summed E-state index contributed by atoms with van der Waals surface area (Å²) in [5.74, 6) is 1.01. The predicted octanol–water partition coefficient (Wildman–Crippen LogP) is 3.35. The molecular formula is C22H25FN2O3. The molecule has 148 valence electrons. The van der Waals surface area contributed by atoms with Crippen LogP contribution in [0, 0.1) is 12.7 Å². The lowest BCUT2D eigenvalue weighted by Gasteiger charge is -2.19. The summed E-state index contributed by atoms with van der Waals surface area (Å²) in [7, 11) is 0. The predicted molar refractivity (Wildman–Crippen MR) is 104 cm³/mol. The molecule has 2 aromatic rings. The molecule has 0 radical (unpaired) electrons. The third-order valence-electron chi connectivity index (χ3n) is 5.27. The third kappa shape index (κ3) is 4.44. The molecule has 5 nitrogen and oxygen atoms in total. The summed E-state index contributed by atoms with van der Waals surface area (Å²) in [6.07, 6.45) is 2.78. The first-order chi connectivity index (χ1) is 13.6. The highest BCUT2D eigenvalue weighted by Crippen LogP contribution is 2.31. The molecule has 28 heavy (non-hydrogen) atoms. The number of carbonyl (C=O) groups is 1. The number of ether oxygens (including phenoxy) is 2. The number of hydrogen-bond donors (Lipinski definition) is 2. The van der Waals surface area contributed by atoms with Crippen molar-refractivity contribution in [1.29, 1.82) is 0 Å². The Morgan fingerprint density at radius 2 is 1.86 bits per heavy atom. The molecule has 2 atom stereocenters. The van der Waals surface area contributed by atoms with Gasteiger partial charge in [0, 0.05) is 24.2 Å². The lowest BCUT2D eigenvalue weighted by Crippen LogP contribution is -2.35. The molecule has 2 aliphatic rings. The van der Waals surface area contributed by atoms with Crippen LogP contribution >= 0.6 is 0 Å². The molecule has 1 saturated carbocycles. The maximum absolute atomic E-state index is 13.5. The molecule has 0 saturated heterocycles. The molecule has 2 aromatic carbocycles. The van der Waals surface area contributed by atoms with Crippen molar-refractivity contribution in [2.45, 2.75) is 44.8 Å². The molecule has 0 aromatic heterocycles. The number of aryl methyl sites for hydroxylation is 1. The Labute approximate surface area is 164 Å². The number of fused-ring (bicyclic) bond motifs is 1. The monoisotopic (exact) mass is 384 g/mol. The topological polar surface area (TPSA) is 59.6 Å². The zero-order valence-electron chi connectivity index (χ0n) is 16.0. The number of hydrogen-bond acceptors (Lipinski definition) is 4. The summed E-state index contributed by atoms with van der Waals surface area (Å²) in [6, 6.07) is 10.9. The van der Waals surface area contributed by atoms with Crippen molar-refractivity contribution < 1.29 is 18.7 Å². The second-order valence-corrected chi connectivity index (χ2v) is 7.56. The van der Waals surface area contributed by atoms with Gasteiger partial charge in [0.05, 0.1) is 0 Å². The molecule has 2 N–H and O–H groups in total. The number of amides is 1. The van der Waals surface area contributed by atoms with Crippen molar-refractivity contribution in [1.82, 2.24) is 10.6 Å². The van der Waals surface area contributed by atoms with Crippen LogP contribution in [-0.4, -0.2) is 31.2 Å². The minimum atomic E-state index is -0.379. The molecule has 1 fully saturated rings. The standard InChI is InChI=1S/C22H25FN2O3/c1-14-8-16(11-17(23)9-14)22(26)25-19-4-3-18(12-19)24-13-15-2-5-20-21(10-15)28-7-6-27-20/h2,5,8-11,18-19,24H,3-4,6-7,12-13H2,1H3,(H,25,26)/t18-,19+/m0/s1. The summed E-state index contributed by atoms with van der Waals surface area (Å²) in [5.41, 5.74) is 2.27. The van der Waals surface area contributed by atoms with Gasteiger partial charge in [-0.05, 0) is 67.6 Å². The molecule has 4 rings (SSSR count). The van der Waals surface area contributed by atoms with Crippen LogP contribution in [0.3, 0.4) is 0 Å². The van der Waals surface area contributed by atoms with Crippen LogP contribution in [0.4, 0.5) is 4.39 Å². The van der Waals surface area contributed by atoms with Gasteiger partial charge < -0.3 is 20.1 Å². The Hall–Kier alpha value is -2.60. The lowest BCUT2D eigenvalue weighted by molar-refractivity contribution is 0.0937. The SMILES string of the molecule is Cc1cc(F)cc(C(=O)N[C@@H]2CC[C@H](NCc3ccc4c(c3)OCCO4)C2)c1. The summed E-state index contributed by atoms with van der Waals surface area (Å²) in [6.45, 7) is 3.70. The Morgan fingerprint density at radius 3 is 2.68 bits per heavy atom. The van der Waals surface area contributed by atoms with Crippen molar-refractivity contribution in [3.05, 3.63) is 58.9 Å². The molecule has 0 unspecified atom stereocenters. The fourth-order valence-electron chi connectivity index (χ4n) is 3.89. The van der Waals surface area contributed by atoms with E-state index >= 15 is 0 Å². The molecule has 1 amide bonds. The van der Waals surface area contributed by atoms with Crippen LogP contribution in [0.2, 0.25) is 0 Å². The van der Waals surface area contributed by atoms with E-state index in [4.69, 9.17) is 9.47 Å². The minimum Gasteiger partial charge on any atom is -0.486 e. The maximum atomic E-state index is 13.5. The van der Waals surface area contributed by atoms with Gasteiger partial charge in [-0.1, -0.05) is 6.07 Å². The van der Waals surface area contributed by atoms with Crippen LogP contribution < -0.4 is 20.1 Å². The number of nitrogens with one attached hydrogen (secondary N) is 2. The van der Waals surface area contributed by atoms with Crippen LogP contribution in [0.15, 0.2) is 36.4 Å². The Kier molecular flexibility index (Phi) is 5.48. The zero-order chi connectivity index (χ0) is 19.5. The number of benzene rings is 2. The van der Waals surface area contributed by atoms with E-state index in [1.54, 1.807) is 13.0 Å². The van der Waals surface area contributed by atoms with Crippen LogP contribution in [0.1, 0.15) is 40.7 Å². The Morgan fingerprint density at radius 1 is 1.07 bits per heavy atom. The van der Waals surface area contributed by atoms with E-state index in [2.05, 4.69) is 10.6 Å². The van der Waals surface area contributed by atoms with Crippen molar-refractivity contribution in [2.24, 2.45) is 0 Å². The van der Waals surface area contributed by atoms with E-state index in [-0.39, 0.29) is 17.8 Å². The van der Waals surface area contributed by atoms with Gasteiger partial charge in [0.1, 0.15) is 19.0 Å². The van der Waals surface area contributed by atoms with E-state index < -0.39 is 0 Å². The highest BCUT2D eigenvalue weighted by Gasteiger charge is 2.26. The quantitative estimate of drug-likeness (QED) is 0.830. The summed E-state index contributed by atoms with van der Waals surface area (Å²) < 4.78 is 24.7. The maximum Gasteiger partial charge on any atom is 0.251 e. The van der Waals surface area contributed by atoms with E-state index in [0.717, 1.165) is 48.4 Å². The number of carbonyl (C=O) groups excluding carboxylic acids is 1. The largest absolute Gasteiger partial charge is 0.486 e. The van der Waals surface area contributed by atoms with Crippen LogP contribution in [-0.2, 0) is 6.54 Å². The van der Waals surface area contributed by atoms with E-state index in [9.17, 15) is 9.18 Å². The van der Waals surface area contributed by atoms with Gasteiger partial charge in [0.25, 0.3) is 5.91 Å². The minimum absolute atomic E-state index is 0.105. The van der Waals surface area contributed by atoms with Gasteiger partial charge in [0.15, 0.2) is 11.5 Å². The van der Waals surface area contributed by atoms with Crippen molar-refractivity contribution in [2.75, 3.05) is 13.2 Å². The first-order valence-corrected chi connectivity index (χ1v) is 9.77. The van der Waals surface area contributed by atoms with Gasteiger partial charge in [-0.25, -0.2) is 4.39 Å². The molecule has 1 aliphatic carbocycles. The average molecular weight is 384 g/mol. The molecule has 0 bridgehead atoms. The first kappa shape index (κ1) is 18.7. The fourth-order valence-corrected chi connectivity index (χ4v) is 3.89. The molecule has 0 spiro atoms. The molecular weight excluding hydrogens is 359 g/mol. The van der Waals surface area contributed by atoms with E-state index in [1.165, 1.54) is 12.1 Å². The van der Waals surface area contributed by atoms with Gasteiger partial charge in [-0.3, -0.25) is 4.79 Å². The fraction of sp³-hybridized carbons (Fsp3) is 0.409. The first-order valence-electron chi connectivity index (χ1n) is 9.77. The van der Waals surface area contributed by atoms with E-state index in [1.807, 2.05) is 18.2 Å². The lowest BCUT2D eigenvalue weighted by atomic mass is 10.1. The second kappa shape index (κ2) is 8.19. The van der Waals surface area contributed by atoms with Gasteiger partial charge in [-0.15, -0.1) is 0 Å². The molecule has 1 aliphatic heterocycles. The summed E-state index contributed by atoms with van der Waals surface area (Å²) in [5, 5.41) is 6.59. The van der Waals surface area contributed by atoms with E-state index in [0.29, 0.717) is 24.8 Å².